The molecule has 1 aromatic heterocycles. The molecule has 0 aromatic carbocycles. The molecule has 0 amide bonds. The van der Waals surface area contributed by atoms with E-state index in [1.54, 1.807) is 6.20 Å². The molecule has 0 aliphatic heterocycles. The smallest absolute Gasteiger partial charge is 0.166 e. The fourth-order valence-corrected chi connectivity index (χ4v) is 0.273. The van der Waals surface area contributed by atoms with Crippen LogP contribution in [0.4, 0.5) is 0 Å². The minimum absolute atomic E-state index is 0.856. The predicted octanol–water partition coefficient (Wildman–Crippen LogP) is -0.122. The minimum atomic E-state index is 0.856. The number of hydrogen-bond acceptors (Lipinski definition) is 2. The van der Waals surface area contributed by atoms with Gasteiger partial charge in [0.05, 0.1) is 6.20 Å². The summed E-state index contributed by atoms with van der Waals surface area (Å²) in [6.45, 7) is 2.85. The number of rotatable bonds is 1. The molecular weight excluding hydrogens is 76.1 g/mol. The van der Waals surface area contributed by atoms with E-state index >= 15 is 0 Å². The van der Waals surface area contributed by atoms with Gasteiger partial charge in [0, 0.05) is 6.54 Å². The van der Waals surface area contributed by atoms with Gasteiger partial charge >= 0.3 is 0 Å². The molecule has 0 saturated carbocycles. The van der Waals surface area contributed by atoms with Crippen LogP contribution < -0.4 is 5.49 Å². The first-order valence-corrected chi connectivity index (χ1v) is 2.02. The lowest BCUT2D eigenvalue weighted by Crippen LogP contribution is -1.81. The Labute approximate surface area is 36.2 Å². The molecule has 0 saturated heterocycles. The van der Waals surface area contributed by atoms with E-state index in [1.165, 1.54) is 0 Å². The highest BCUT2D eigenvalue weighted by Gasteiger charge is 1.81. The summed E-state index contributed by atoms with van der Waals surface area (Å²) in [5.41, 5.74) is 0.914. The molecular formula is C4H6N2. The van der Waals surface area contributed by atoms with Crippen molar-refractivity contribution < 1.29 is 0 Å². The molecule has 0 N–H and O–H groups in total. The normalized spacial score (nSPS) is 13.8. The van der Waals surface area contributed by atoms with Gasteiger partial charge in [-0.1, -0.05) is 0 Å². The maximum Gasteiger partial charge on any atom is 0.166 e. The van der Waals surface area contributed by atoms with Crippen LogP contribution in [-0.2, 0) is 0 Å². The van der Waals surface area contributed by atoms with Gasteiger partial charge in [0.1, 0.15) is 0 Å². The Kier molecular flexibility index (Phi) is 0.708. The molecule has 0 aliphatic carbocycles. The van der Waals surface area contributed by atoms with E-state index in [1.807, 2.05) is 6.92 Å². The third-order valence-corrected chi connectivity index (χ3v) is 0.565. The van der Waals surface area contributed by atoms with E-state index in [0.29, 0.717) is 0 Å². The Bertz CT molecular complexity index is 125. The average molecular weight is 82.1 g/mol. The number of nitrogens with zero attached hydrogens (tertiary/aromatic N) is 2. The van der Waals surface area contributed by atoms with Gasteiger partial charge in [-0.3, -0.25) is 4.99 Å². The fraction of sp³-hybridized carbons (Fsp3) is 0.500. The number of hydrogen-bond donors (Lipinski definition) is 0. The predicted molar refractivity (Wildman–Crippen MR) is 22.7 cm³/mol. The Morgan fingerprint density at radius 2 is 2.67 bits per heavy atom. The Hall–Kier alpha value is -0.660. The molecule has 0 atom stereocenters. The van der Waals surface area contributed by atoms with Crippen LogP contribution in [0, 0.1) is 0 Å². The van der Waals surface area contributed by atoms with Gasteiger partial charge in [-0.15, -0.1) is 0 Å². The van der Waals surface area contributed by atoms with Crippen LogP contribution in [0.25, 0.3) is 0 Å². The molecule has 1 rings (SSSR count). The van der Waals surface area contributed by atoms with Gasteiger partial charge in [-0.25, -0.2) is 4.98 Å². The average Bonchev–Trinajstić information content (AvgIpc) is 2.21. The Morgan fingerprint density at radius 3 is 2.83 bits per heavy atom. The number of aromatic nitrogens is 1. The molecule has 0 spiro atoms. The van der Waals surface area contributed by atoms with E-state index in [0.717, 1.165) is 12.0 Å². The first-order valence-electron chi connectivity index (χ1n) is 2.02. The van der Waals surface area contributed by atoms with Crippen LogP contribution >= 0.6 is 0 Å². The minimum Gasteiger partial charge on any atom is -0.266 e. The van der Waals surface area contributed by atoms with Crippen molar-refractivity contribution in [1.29, 1.82) is 0 Å². The van der Waals surface area contributed by atoms with Crippen LogP contribution in [-0.4, -0.2) is 11.5 Å². The van der Waals surface area contributed by atoms with E-state index in [2.05, 4.69) is 9.98 Å². The summed E-state index contributed by atoms with van der Waals surface area (Å²) in [7, 11) is 0. The molecule has 0 radical (unpaired) electrons. The molecule has 6 heavy (non-hydrogen) atoms. The van der Waals surface area contributed by atoms with Crippen LogP contribution in [0.3, 0.4) is 0 Å². The standard InChI is InChI=1S/C4H6N2/c1-2-5-4-3-6-4/h3H,2H2,1H3. The zero-order valence-corrected chi connectivity index (χ0v) is 3.68. The lowest BCUT2D eigenvalue weighted by atomic mass is 10.8. The molecule has 0 fully saturated rings. The van der Waals surface area contributed by atoms with E-state index in [9.17, 15) is 0 Å². The van der Waals surface area contributed by atoms with Gasteiger partial charge < -0.3 is 0 Å². The van der Waals surface area contributed by atoms with E-state index in [4.69, 9.17) is 0 Å². The highest BCUT2D eigenvalue weighted by atomic mass is 14.9. The van der Waals surface area contributed by atoms with Crippen LogP contribution in [0.2, 0.25) is 0 Å². The van der Waals surface area contributed by atoms with Gasteiger partial charge in [0.15, 0.2) is 5.49 Å². The quantitative estimate of drug-likeness (QED) is 0.463. The molecule has 1 heterocycles. The third-order valence-electron chi connectivity index (χ3n) is 0.565. The largest absolute Gasteiger partial charge is 0.266 e. The van der Waals surface area contributed by atoms with Crippen molar-refractivity contribution in [2.24, 2.45) is 4.99 Å². The van der Waals surface area contributed by atoms with Crippen molar-refractivity contribution in [2.75, 3.05) is 6.54 Å². The third kappa shape index (κ3) is 0.641. The summed E-state index contributed by atoms with van der Waals surface area (Å²) in [6.07, 6.45) is 1.75. The highest BCUT2D eigenvalue weighted by molar-refractivity contribution is 4.74. The summed E-state index contributed by atoms with van der Waals surface area (Å²) in [4.78, 5) is 7.65. The maximum absolute atomic E-state index is 3.93. The van der Waals surface area contributed by atoms with Crippen molar-refractivity contribution in [1.82, 2.24) is 4.98 Å². The van der Waals surface area contributed by atoms with Gasteiger partial charge in [0.25, 0.3) is 0 Å². The summed E-state index contributed by atoms with van der Waals surface area (Å²) in [6, 6.07) is 0. The van der Waals surface area contributed by atoms with Crippen molar-refractivity contribution in [2.45, 2.75) is 6.92 Å². The topological polar surface area (TPSA) is 25.2 Å². The molecule has 0 unspecified atom stereocenters. The summed E-state index contributed by atoms with van der Waals surface area (Å²) < 4.78 is 0. The molecule has 2 heteroatoms. The summed E-state index contributed by atoms with van der Waals surface area (Å²) in [5.74, 6) is 0. The van der Waals surface area contributed by atoms with Crippen molar-refractivity contribution in [3.05, 3.63) is 11.7 Å². The van der Waals surface area contributed by atoms with E-state index < -0.39 is 0 Å². The maximum atomic E-state index is 3.93. The SMILES string of the molecule is CCN=c1cn1. The second-order valence-electron chi connectivity index (χ2n) is 1.09. The lowest BCUT2D eigenvalue weighted by molar-refractivity contribution is 1.07. The van der Waals surface area contributed by atoms with Crippen molar-refractivity contribution in [3.8, 4) is 0 Å². The van der Waals surface area contributed by atoms with Crippen LogP contribution in [0.15, 0.2) is 11.2 Å². The van der Waals surface area contributed by atoms with Gasteiger partial charge in [-0.2, -0.15) is 0 Å². The molecule has 2 nitrogen and oxygen atoms in total. The van der Waals surface area contributed by atoms with Crippen LogP contribution in [0.5, 0.6) is 0 Å². The second-order valence-corrected chi connectivity index (χ2v) is 1.09. The van der Waals surface area contributed by atoms with Crippen molar-refractivity contribution >= 4 is 0 Å². The van der Waals surface area contributed by atoms with E-state index in [-0.39, 0.29) is 0 Å². The monoisotopic (exact) mass is 82.1 g/mol. The molecule has 0 bridgehead atoms. The van der Waals surface area contributed by atoms with Crippen LogP contribution in [0.1, 0.15) is 6.92 Å². The van der Waals surface area contributed by atoms with Gasteiger partial charge in [-0.05, 0) is 6.92 Å². The fourth-order valence-electron chi connectivity index (χ4n) is 0.273. The Balaban J connectivity index is 2.54. The molecule has 0 aliphatic rings. The highest BCUT2D eigenvalue weighted by Crippen LogP contribution is 1.62. The zero-order chi connectivity index (χ0) is 4.41. The zero-order valence-electron chi connectivity index (χ0n) is 3.68. The summed E-state index contributed by atoms with van der Waals surface area (Å²) in [5, 5.41) is 0. The second kappa shape index (κ2) is 1.20. The first-order chi connectivity index (χ1) is 2.93. The Morgan fingerprint density at radius 1 is 2.00 bits per heavy atom. The summed E-state index contributed by atoms with van der Waals surface area (Å²) >= 11 is 0. The first kappa shape index (κ1) is 3.53. The van der Waals surface area contributed by atoms with Gasteiger partial charge in [0.2, 0.25) is 0 Å². The molecule has 32 valence electrons. The van der Waals surface area contributed by atoms with Crippen molar-refractivity contribution in [3.63, 3.8) is 0 Å². The lowest BCUT2D eigenvalue weighted by Gasteiger charge is -1.63. The molecule has 1 aromatic rings.